The lowest BCUT2D eigenvalue weighted by Crippen LogP contribution is -2.24. The van der Waals surface area contributed by atoms with Gasteiger partial charge < -0.3 is 14.9 Å². The molecule has 2 atom stereocenters. The van der Waals surface area contributed by atoms with Crippen molar-refractivity contribution < 1.29 is 14.9 Å². The summed E-state index contributed by atoms with van der Waals surface area (Å²) in [6.45, 7) is 2.12. The van der Waals surface area contributed by atoms with Crippen LogP contribution in [0, 0.1) is 11.8 Å². The second-order valence-corrected chi connectivity index (χ2v) is 2.48. The summed E-state index contributed by atoms with van der Waals surface area (Å²) in [4.78, 5) is 0. The van der Waals surface area contributed by atoms with Crippen molar-refractivity contribution in [2.75, 3.05) is 13.2 Å². The van der Waals surface area contributed by atoms with Crippen LogP contribution in [0.2, 0.25) is 0 Å². The summed E-state index contributed by atoms with van der Waals surface area (Å²) in [6.07, 6.45) is -0.764. The van der Waals surface area contributed by atoms with Crippen molar-refractivity contribution in [2.45, 2.75) is 18.6 Å². The predicted octanol–water partition coefficient (Wildman–Crippen LogP) is -0.868. The van der Waals surface area contributed by atoms with E-state index in [0.717, 1.165) is 0 Å². The predicted molar refractivity (Wildman–Crippen MR) is 35.2 cm³/mol. The van der Waals surface area contributed by atoms with E-state index < -0.39 is 11.7 Å². The molecule has 0 aromatic rings. The van der Waals surface area contributed by atoms with Gasteiger partial charge in [0.05, 0.1) is 6.61 Å². The van der Waals surface area contributed by atoms with E-state index in [1.165, 1.54) is 0 Å². The van der Waals surface area contributed by atoms with Crippen LogP contribution in [0.3, 0.4) is 0 Å². The van der Waals surface area contributed by atoms with Crippen LogP contribution in [-0.4, -0.2) is 35.1 Å². The number of hydrogen-bond acceptors (Lipinski definition) is 3. The first-order chi connectivity index (χ1) is 4.69. The average Bonchev–Trinajstić information content (AvgIpc) is 2.64. The van der Waals surface area contributed by atoms with Gasteiger partial charge in [-0.1, -0.05) is 11.8 Å². The fourth-order valence-electron chi connectivity index (χ4n) is 0.567. The maximum absolute atomic E-state index is 9.17. The quantitative estimate of drug-likeness (QED) is 0.369. The van der Waals surface area contributed by atoms with Gasteiger partial charge in [0.25, 0.3) is 0 Å². The Kier molecular flexibility index (Phi) is 1.95. The first kappa shape index (κ1) is 7.55. The molecular formula is C7H10O3. The van der Waals surface area contributed by atoms with Crippen molar-refractivity contribution in [1.29, 1.82) is 0 Å². The van der Waals surface area contributed by atoms with E-state index in [1.807, 2.05) is 0 Å². The Morgan fingerprint density at radius 1 is 1.80 bits per heavy atom. The van der Waals surface area contributed by atoms with Crippen LogP contribution >= 0.6 is 0 Å². The highest BCUT2D eigenvalue weighted by atomic mass is 16.6. The third-order valence-electron chi connectivity index (χ3n) is 1.50. The molecule has 1 aliphatic heterocycles. The summed E-state index contributed by atoms with van der Waals surface area (Å²) in [7, 11) is 0. The molecular weight excluding hydrogens is 132 g/mol. The molecule has 1 saturated heterocycles. The molecule has 1 fully saturated rings. The summed E-state index contributed by atoms with van der Waals surface area (Å²) >= 11 is 0. The third kappa shape index (κ3) is 1.48. The molecule has 0 radical (unpaired) electrons. The van der Waals surface area contributed by atoms with Gasteiger partial charge in [0, 0.05) is 0 Å². The summed E-state index contributed by atoms with van der Waals surface area (Å²) in [5.41, 5.74) is -0.470. The van der Waals surface area contributed by atoms with Gasteiger partial charge >= 0.3 is 0 Å². The number of rotatable bonds is 1. The van der Waals surface area contributed by atoms with Gasteiger partial charge in [0.1, 0.15) is 18.3 Å². The van der Waals surface area contributed by atoms with E-state index in [1.54, 1.807) is 6.92 Å². The Balaban J connectivity index is 2.41. The Labute approximate surface area is 59.6 Å². The minimum absolute atomic E-state index is 0.215. The van der Waals surface area contributed by atoms with Gasteiger partial charge in [-0.25, -0.2) is 0 Å². The lowest BCUT2D eigenvalue weighted by Gasteiger charge is -2.05. The zero-order valence-corrected chi connectivity index (χ0v) is 5.79. The molecule has 3 heteroatoms. The van der Waals surface area contributed by atoms with Crippen molar-refractivity contribution in [3.05, 3.63) is 0 Å². The normalized spacial score (nSPS) is 32.3. The molecule has 1 aliphatic rings. The molecule has 1 heterocycles. The van der Waals surface area contributed by atoms with Gasteiger partial charge in [-0.2, -0.15) is 0 Å². The smallest absolute Gasteiger partial charge is 0.145 e. The van der Waals surface area contributed by atoms with Crippen LogP contribution in [-0.2, 0) is 4.74 Å². The van der Waals surface area contributed by atoms with Crippen molar-refractivity contribution >= 4 is 0 Å². The number of epoxide rings is 1. The number of aliphatic hydroxyl groups excluding tert-OH is 2. The zero-order chi connectivity index (χ0) is 7.61. The van der Waals surface area contributed by atoms with Crippen LogP contribution in [0.4, 0.5) is 0 Å². The maximum Gasteiger partial charge on any atom is 0.145 e. The highest BCUT2D eigenvalue weighted by Gasteiger charge is 2.45. The average molecular weight is 142 g/mol. The Bertz CT molecular complexity index is 173. The summed E-state index contributed by atoms with van der Waals surface area (Å²) < 4.78 is 4.92. The molecule has 0 aromatic heterocycles. The van der Waals surface area contributed by atoms with Crippen molar-refractivity contribution in [3.63, 3.8) is 0 Å². The van der Waals surface area contributed by atoms with Crippen molar-refractivity contribution in [3.8, 4) is 11.8 Å². The van der Waals surface area contributed by atoms with Crippen LogP contribution in [0.15, 0.2) is 0 Å². The molecule has 0 saturated carbocycles. The highest BCUT2D eigenvalue weighted by molar-refractivity contribution is 5.14. The number of hydrogen-bond donors (Lipinski definition) is 2. The standard InChI is InChI=1S/C7H10O3/c1-7(5-10-7)6(9)3-2-4-8/h6,8-9H,4-5H2,1H3. The summed E-state index contributed by atoms with van der Waals surface area (Å²) in [5.74, 6) is 4.84. The lowest BCUT2D eigenvalue weighted by molar-refractivity contribution is 0.131. The van der Waals surface area contributed by atoms with Crippen LogP contribution in [0.5, 0.6) is 0 Å². The Morgan fingerprint density at radius 2 is 2.40 bits per heavy atom. The van der Waals surface area contributed by atoms with E-state index >= 15 is 0 Å². The van der Waals surface area contributed by atoms with E-state index in [2.05, 4.69) is 11.8 Å². The van der Waals surface area contributed by atoms with Gasteiger partial charge in [-0.15, -0.1) is 0 Å². The van der Waals surface area contributed by atoms with Crippen LogP contribution in [0.1, 0.15) is 6.92 Å². The first-order valence-electron chi connectivity index (χ1n) is 3.10. The minimum Gasteiger partial charge on any atom is -0.384 e. The van der Waals surface area contributed by atoms with E-state index in [-0.39, 0.29) is 6.61 Å². The van der Waals surface area contributed by atoms with Gasteiger partial charge in [-0.05, 0) is 6.92 Å². The second kappa shape index (κ2) is 2.59. The SMILES string of the molecule is CC1(C(O)C#CCO)CO1. The molecule has 0 spiro atoms. The molecule has 0 bridgehead atoms. The fraction of sp³-hybridized carbons (Fsp3) is 0.714. The van der Waals surface area contributed by atoms with Crippen molar-refractivity contribution in [2.24, 2.45) is 0 Å². The topological polar surface area (TPSA) is 53.0 Å². The van der Waals surface area contributed by atoms with E-state index in [0.29, 0.717) is 6.61 Å². The van der Waals surface area contributed by atoms with Gasteiger partial charge in [0.2, 0.25) is 0 Å². The maximum atomic E-state index is 9.17. The van der Waals surface area contributed by atoms with Gasteiger partial charge in [0.15, 0.2) is 0 Å². The molecule has 2 N–H and O–H groups in total. The molecule has 3 nitrogen and oxygen atoms in total. The monoisotopic (exact) mass is 142 g/mol. The first-order valence-corrected chi connectivity index (χ1v) is 3.10. The van der Waals surface area contributed by atoms with Gasteiger partial charge in [-0.3, -0.25) is 0 Å². The zero-order valence-electron chi connectivity index (χ0n) is 5.79. The molecule has 1 rings (SSSR count). The molecule has 0 aliphatic carbocycles. The molecule has 56 valence electrons. The lowest BCUT2D eigenvalue weighted by atomic mass is 10.1. The van der Waals surface area contributed by atoms with E-state index in [9.17, 15) is 0 Å². The highest BCUT2D eigenvalue weighted by Crippen LogP contribution is 2.29. The fourth-order valence-corrected chi connectivity index (χ4v) is 0.567. The Morgan fingerprint density at radius 3 is 2.80 bits per heavy atom. The second-order valence-electron chi connectivity index (χ2n) is 2.48. The summed E-state index contributed by atoms with van der Waals surface area (Å²) in [6, 6.07) is 0. The molecule has 2 unspecified atom stereocenters. The van der Waals surface area contributed by atoms with Crippen LogP contribution in [0.25, 0.3) is 0 Å². The van der Waals surface area contributed by atoms with E-state index in [4.69, 9.17) is 14.9 Å². The minimum atomic E-state index is -0.764. The molecule has 0 amide bonds. The summed E-state index contributed by atoms with van der Waals surface area (Å²) in [5, 5.41) is 17.4. The van der Waals surface area contributed by atoms with Crippen LogP contribution < -0.4 is 0 Å². The molecule has 0 aromatic carbocycles. The Hall–Kier alpha value is -0.560. The largest absolute Gasteiger partial charge is 0.384 e. The molecule has 10 heavy (non-hydrogen) atoms. The third-order valence-corrected chi connectivity index (χ3v) is 1.50. The van der Waals surface area contributed by atoms with Crippen molar-refractivity contribution in [1.82, 2.24) is 0 Å². The number of ether oxygens (including phenoxy) is 1. The number of aliphatic hydroxyl groups is 2.